The smallest absolute Gasteiger partial charge is 0.165 e. The summed E-state index contributed by atoms with van der Waals surface area (Å²) in [5.41, 5.74) is 15.9. The van der Waals surface area contributed by atoms with Crippen LogP contribution in [0.5, 0.6) is 0 Å². The van der Waals surface area contributed by atoms with E-state index in [9.17, 15) is 0 Å². The van der Waals surface area contributed by atoms with Crippen molar-refractivity contribution >= 4 is 65.7 Å². The number of benzene rings is 9. The summed E-state index contributed by atoms with van der Waals surface area (Å²) in [6.07, 6.45) is 0. The predicted molar refractivity (Wildman–Crippen MR) is 263 cm³/mol. The molecule has 0 bridgehead atoms. The van der Waals surface area contributed by atoms with Gasteiger partial charge in [0.2, 0.25) is 0 Å². The maximum Gasteiger partial charge on any atom is 0.165 e. The highest BCUT2D eigenvalue weighted by Gasteiger charge is 2.25. The number of rotatable bonds is 6. The Morgan fingerprint density at radius 3 is 0.953 bits per heavy atom. The summed E-state index contributed by atoms with van der Waals surface area (Å²) in [5, 5.41) is 4.55. The van der Waals surface area contributed by atoms with Crippen molar-refractivity contribution in [1.82, 2.24) is 29.1 Å². The number of fused-ring (bicyclic) bond motifs is 9. The Labute approximate surface area is 368 Å². The van der Waals surface area contributed by atoms with Crippen molar-refractivity contribution in [2.24, 2.45) is 0 Å². The molecule has 0 aliphatic carbocycles. The number of hydrogen-bond donors (Lipinski definition) is 0. The van der Waals surface area contributed by atoms with E-state index < -0.39 is 0 Å². The van der Waals surface area contributed by atoms with E-state index in [0.717, 1.165) is 111 Å². The van der Waals surface area contributed by atoms with Crippen LogP contribution in [-0.2, 0) is 0 Å². The van der Waals surface area contributed by atoms with Gasteiger partial charge in [-0.05, 0) is 70.8 Å². The highest BCUT2D eigenvalue weighted by molar-refractivity contribution is 6.29. The van der Waals surface area contributed by atoms with Crippen LogP contribution in [-0.4, -0.2) is 29.1 Å². The molecule has 6 nitrogen and oxygen atoms in total. The van der Waals surface area contributed by atoms with Crippen molar-refractivity contribution in [1.29, 1.82) is 0 Å². The Morgan fingerprint density at radius 2 is 0.547 bits per heavy atom. The molecule has 4 heterocycles. The normalized spacial score (nSPS) is 11.8. The molecule has 0 fully saturated rings. The molecule has 9 aromatic carbocycles. The molecule has 0 aliphatic rings. The Bertz CT molecular complexity index is 3670. The highest BCUT2D eigenvalue weighted by atomic mass is 15.1. The van der Waals surface area contributed by atoms with E-state index in [4.69, 9.17) is 19.9 Å². The van der Waals surface area contributed by atoms with Gasteiger partial charge in [0.25, 0.3) is 0 Å². The van der Waals surface area contributed by atoms with Crippen molar-refractivity contribution in [3.05, 3.63) is 218 Å². The third kappa shape index (κ3) is 5.66. The van der Waals surface area contributed by atoms with Crippen molar-refractivity contribution in [2.75, 3.05) is 0 Å². The lowest BCUT2D eigenvalue weighted by Crippen LogP contribution is -2.04. The summed E-state index contributed by atoms with van der Waals surface area (Å²) in [4.78, 5) is 21.6. The Hall–Kier alpha value is -8.74. The lowest BCUT2D eigenvalue weighted by Gasteiger charge is -2.15. The molecule has 0 spiro atoms. The van der Waals surface area contributed by atoms with Crippen LogP contribution in [0.15, 0.2) is 218 Å². The molecule has 0 atom stereocenters. The molecule has 64 heavy (non-hydrogen) atoms. The second-order valence-corrected chi connectivity index (χ2v) is 16.2. The second-order valence-electron chi connectivity index (χ2n) is 16.2. The van der Waals surface area contributed by atoms with Crippen molar-refractivity contribution in [2.45, 2.75) is 0 Å². The largest absolute Gasteiger partial charge is 0.292 e. The topological polar surface area (TPSA) is 61.4 Å². The number of para-hydroxylation sites is 6. The van der Waals surface area contributed by atoms with Crippen LogP contribution in [0.2, 0.25) is 0 Å². The molecule has 0 amide bonds. The number of nitrogens with zero attached hydrogens (tertiary/aromatic N) is 6. The Kier molecular flexibility index (Phi) is 8.11. The fourth-order valence-corrected chi connectivity index (χ4v) is 9.56. The third-order valence-corrected chi connectivity index (χ3v) is 12.5. The van der Waals surface area contributed by atoms with E-state index in [1.54, 1.807) is 0 Å². The van der Waals surface area contributed by atoms with Gasteiger partial charge in [-0.1, -0.05) is 170 Å². The third-order valence-electron chi connectivity index (χ3n) is 12.5. The first-order valence-corrected chi connectivity index (χ1v) is 21.6. The van der Waals surface area contributed by atoms with Crippen LogP contribution in [0.25, 0.3) is 122 Å². The van der Waals surface area contributed by atoms with Gasteiger partial charge in [-0.2, -0.15) is 0 Å². The summed E-state index contributed by atoms with van der Waals surface area (Å²) in [5.74, 6) is 1.56. The minimum atomic E-state index is 0.780. The van der Waals surface area contributed by atoms with Crippen LogP contribution in [0.1, 0.15) is 0 Å². The minimum Gasteiger partial charge on any atom is -0.292 e. The maximum atomic E-state index is 5.45. The molecule has 6 heteroatoms. The molecule has 0 radical (unpaired) electrons. The van der Waals surface area contributed by atoms with Crippen LogP contribution in [0, 0.1) is 0 Å². The van der Waals surface area contributed by atoms with E-state index >= 15 is 0 Å². The first-order chi connectivity index (χ1) is 31.7. The quantitative estimate of drug-likeness (QED) is 0.168. The monoisotopic (exact) mass is 816 g/mol. The van der Waals surface area contributed by atoms with Crippen LogP contribution in [0.4, 0.5) is 0 Å². The maximum absolute atomic E-state index is 5.45. The van der Waals surface area contributed by atoms with Crippen LogP contribution < -0.4 is 0 Å². The Morgan fingerprint density at radius 1 is 0.234 bits per heavy atom. The van der Waals surface area contributed by atoms with Gasteiger partial charge in [0, 0.05) is 32.7 Å². The molecule has 0 unspecified atom stereocenters. The van der Waals surface area contributed by atoms with Gasteiger partial charge >= 0.3 is 0 Å². The van der Waals surface area contributed by atoms with Crippen molar-refractivity contribution in [3.8, 4) is 56.4 Å². The fraction of sp³-hybridized carbons (Fsp3) is 0. The molecular formula is C58H36N6. The fourth-order valence-electron chi connectivity index (χ4n) is 9.56. The van der Waals surface area contributed by atoms with Crippen molar-refractivity contribution < 1.29 is 0 Å². The molecule has 298 valence electrons. The SMILES string of the molecule is c1ccc(-c2ccc(-c3nc4ccccc4nc3-n3c4ccccc4c4c5c6ccccc6n(-c6nc7ccccc7nc6-c6ccc(-c7ccccc7)cc6)c5ccc43)cc2)cc1. The molecule has 13 aromatic rings. The lowest BCUT2D eigenvalue weighted by molar-refractivity contribution is 1.07. The highest BCUT2D eigenvalue weighted by Crippen LogP contribution is 2.44. The lowest BCUT2D eigenvalue weighted by atomic mass is 10.0. The van der Waals surface area contributed by atoms with Gasteiger partial charge < -0.3 is 0 Å². The summed E-state index contributed by atoms with van der Waals surface area (Å²) < 4.78 is 4.62. The molecule has 0 saturated heterocycles. The second kappa shape index (κ2) is 14.4. The van der Waals surface area contributed by atoms with Gasteiger partial charge in [0.15, 0.2) is 11.6 Å². The summed E-state index contributed by atoms with van der Waals surface area (Å²) >= 11 is 0. The first kappa shape index (κ1) is 36.0. The molecule has 0 aliphatic heterocycles. The molecular weight excluding hydrogens is 781 g/mol. The summed E-state index contributed by atoms with van der Waals surface area (Å²) in [6.45, 7) is 0. The van der Waals surface area contributed by atoms with Gasteiger partial charge in [-0.3, -0.25) is 9.13 Å². The van der Waals surface area contributed by atoms with Crippen LogP contribution in [0.3, 0.4) is 0 Å². The van der Waals surface area contributed by atoms with Gasteiger partial charge in [0.1, 0.15) is 11.4 Å². The average molecular weight is 817 g/mol. The van der Waals surface area contributed by atoms with Crippen LogP contribution >= 0.6 is 0 Å². The summed E-state index contributed by atoms with van der Waals surface area (Å²) in [6, 6.07) is 76.5. The molecule has 13 rings (SSSR count). The van der Waals surface area contributed by atoms with Gasteiger partial charge in [0.05, 0.1) is 44.1 Å². The summed E-state index contributed by atoms with van der Waals surface area (Å²) in [7, 11) is 0. The van der Waals surface area contributed by atoms with Crippen molar-refractivity contribution in [3.63, 3.8) is 0 Å². The van der Waals surface area contributed by atoms with E-state index in [1.165, 1.54) is 11.1 Å². The number of hydrogen-bond acceptors (Lipinski definition) is 4. The van der Waals surface area contributed by atoms with E-state index in [1.807, 2.05) is 60.7 Å². The molecule has 0 N–H and O–H groups in total. The van der Waals surface area contributed by atoms with Gasteiger partial charge in [-0.15, -0.1) is 0 Å². The zero-order valence-electron chi connectivity index (χ0n) is 34.5. The zero-order chi connectivity index (χ0) is 42.1. The van der Waals surface area contributed by atoms with E-state index in [0.29, 0.717) is 0 Å². The standard InChI is InChI=1S/C58H36N6/c1-3-15-37(16-4-1)39-27-31-41(32-28-39)55-57(61-47-23-11-9-21-45(47)59-55)63-49-25-13-7-19-43(49)53-51(63)35-36-52-54(53)44-20-8-14-26-50(44)64(52)58-56(60-46-22-10-12-24-48(46)62-58)42-33-29-40(30-34-42)38-17-5-2-6-18-38/h1-36H. The van der Waals surface area contributed by atoms with E-state index in [2.05, 4.69) is 167 Å². The molecule has 4 aromatic heterocycles. The van der Waals surface area contributed by atoms with E-state index in [-0.39, 0.29) is 0 Å². The van der Waals surface area contributed by atoms with Gasteiger partial charge in [-0.25, -0.2) is 19.9 Å². The average Bonchev–Trinajstić information content (AvgIpc) is 3.89. The molecule has 0 saturated carbocycles. The Balaban J connectivity index is 1.08. The first-order valence-electron chi connectivity index (χ1n) is 21.6. The predicted octanol–water partition coefficient (Wildman–Crippen LogP) is 14.4. The number of aromatic nitrogens is 6. The zero-order valence-corrected chi connectivity index (χ0v) is 34.5. The minimum absolute atomic E-state index is 0.780.